The molecule has 4 heteroatoms. The Hall–Kier alpha value is -1.81. The fraction of sp³-hybridized carbons (Fsp3) is 0.312. The minimum absolute atomic E-state index is 0.129. The van der Waals surface area contributed by atoms with Crippen molar-refractivity contribution in [1.29, 1.82) is 0 Å². The van der Waals surface area contributed by atoms with Crippen LogP contribution in [-0.2, 0) is 12.8 Å². The number of pyridine rings is 1. The predicted octanol–water partition coefficient (Wildman–Crippen LogP) is 2.96. The van der Waals surface area contributed by atoms with Gasteiger partial charge in [0.2, 0.25) is 0 Å². The number of nitrogens with two attached hydrogens (primary N) is 1. The van der Waals surface area contributed by atoms with Gasteiger partial charge in [-0.15, -0.1) is 0 Å². The van der Waals surface area contributed by atoms with E-state index in [-0.39, 0.29) is 12.0 Å². The van der Waals surface area contributed by atoms with Gasteiger partial charge >= 0.3 is 0 Å². The minimum atomic E-state index is -0.824. The monoisotopic (exact) mass is 274 g/mol. The van der Waals surface area contributed by atoms with Crippen LogP contribution in [0.1, 0.15) is 29.2 Å². The number of hydrogen-bond acceptors (Lipinski definition) is 2. The lowest BCUT2D eigenvalue weighted by Gasteiger charge is -2.19. The van der Waals surface area contributed by atoms with Crippen LogP contribution in [0.4, 0.5) is 8.78 Å². The highest BCUT2D eigenvalue weighted by atomic mass is 19.2. The van der Waals surface area contributed by atoms with E-state index >= 15 is 0 Å². The molecule has 0 radical (unpaired) electrons. The molecule has 0 spiro atoms. The van der Waals surface area contributed by atoms with Gasteiger partial charge < -0.3 is 5.73 Å². The third-order valence-corrected chi connectivity index (χ3v) is 3.97. The fourth-order valence-corrected chi connectivity index (χ4v) is 2.94. The molecule has 1 aliphatic carbocycles. The van der Waals surface area contributed by atoms with Gasteiger partial charge in [0.25, 0.3) is 0 Å². The SMILES string of the molecule is NC(Cc1ccc(F)c(F)c1)C1CCc2cccnc21. The molecular formula is C16H16F2N2. The first-order valence-electron chi connectivity index (χ1n) is 6.78. The van der Waals surface area contributed by atoms with Crippen molar-refractivity contribution < 1.29 is 8.78 Å². The van der Waals surface area contributed by atoms with Crippen molar-refractivity contribution in [2.24, 2.45) is 5.73 Å². The van der Waals surface area contributed by atoms with Crippen LogP contribution in [0, 0.1) is 11.6 Å². The molecule has 0 bridgehead atoms. The van der Waals surface area contributed by atoms with Crippen LogP contribution in [-0.4, -0.2) is 11.0 Å². The Morgan fingerprint density at radius 2 is 2.10 bits per heavy atom. The summed E-state index contributed by atoms with van der Waals surface area (Å²) in [6, 6.07) is 7.85. The van der Waals surface area contributed by atoms with Crippen molar-refractivity contribution in [2.45, 2.75) is 31.2 Å². The Kier molecular flexibility index (Phi) is 3.49. The summed E-state index contributed by atoms with van der Waals surface area (Å²) in [5.41, 5.74) is 9.29. The molecule has 0 saturated carbocycles. The molecule has 1 aromatic carbocycles. The van der Waals surface area contributed by atoms with Crippen molar-refractivity contribution >= 4 is 0 Å². The molecule has 3 rings (SSSR count). The minimum Gasteiger partial charge on any atom is -0.327 e. The molecular weight excluding hydrogens is 258 g/mol. The number of aromatic nitrogens is 1. The molecule has 1 aromatic heterocycles. The number of rotatable bonds is 3. The van der Waals surface area contributed by atoms with Crippen LogP contribution < -0.4 is 5.73 Å². The maximum absolute atomic E-state index is 13.2. The molecule has 1 aliphatic rings. The standard InChI is InChI=1S/C16H16F2N2/c17-13-6-3-10(8-14(13)18)9-15(19)12-5-4-11-2-1-7-20-16(11)12/h1-3,6-8,12,15H,4-5,9,19H2. The maximum atomic E-state index is 13.2. The Labute approximate surface area is 116 Å². The average molecular weight is 274 g/mol. The molecule has 0 fully saturated rings. The highest BCUT2D eigenvalue weighted by Gasteiger charge is 2.28. The summed E-state index contributed by atoms with van der Waals surface area (Å²) in [7, 11) is 0. The lowest BCUT2D eigenvalue weighted by Crippen LogP contribution is -2.30. The lowest BCUT2D eigenvalue weighted by molar-refractivity contribution is 0.497. The lowest BCUT2D eigenvalue weighted by atomic mass is 9.92. The molecule has 2 unspecified atom stereocenters. The zero-order valence-corrected chi connectivity index (χ0v) is 11.0. The first-order valence-corrected chi connectivity index (χ1v) is 6.78. The first kappa shape index (κ1) is 13.2. The van der Waals surface area contributed by atoms with Gasteiger partial charge in [-0.2, -0.15) is 0 Å². The van der Waals surface area contributed by atoms with E-state index in [1.807, 2.05) is 6.07 Å². The van der Waals surface area contributed by atoms with E-state index in [9.17, 15) is 8.78 Å². The predicted molar refractivity (Wildman–Crippen MR) is 73.3 cm³/mol. The molecule has 2 atom stereocenters. The van der Waals surface area contributed by atoms with Crippen molar-refractivity contribution in [3.8, 4) is 0 Å². The summed E-state index contributed by atoms with van der Waals surface area (Å²) in [6.45, 7) is 0. The highest BCUT2D eigenvalue weighted by molar-refractivity contribution is 5.31. The van der Waals surface area contributed by atoms with Gasteiger partial charge in [-0.05, 0) is 48.6 Å². The summed E-state index contributed by atoms with van der Waals surface area (Å²) in [5, 5.41) is 0. The van der Waals surface area contributed by atoms with Gasteiger partial charge in [-0.1, -0.05) is 12.1 Å². The summed E-state index contributed by atoms with van der Waals surface area (Å²) >= 11 is 0. The summed E-state index contributed by atoms with van der Waals surface area (Å²) in [5.74, 6) is -1.45. The smallest absolute Gasteiger partial charge is 0.159 e. The molecule has 0 amide bonds. The normalized spacial score (nSPS) is 18.9. The summed E-state index contributed by atoms with van der Waals surface area (Å²) < 4.78 is 26.1. The van der Waals surface area contributed by atoms with Gasteiger partial charge in [0.15, 0.2) is 11.6 Å². The second-order valence-electron chi connectivity index (χ2n) is 5.31. The molecule has 2 nitrogen and oxygen atoms in total. The summed E-state index contributed by atoms with van der Waals surface area (Å²) in [6.07, 6.45) is 4.26. The first-order chi connectivity index (χ1) is 9.65. The van der Waals surface area contributed by atoms with Crippen LogP contribution in [0.15, 0.2) is 36.5 Å². The number of aryl methyl sites for hydroxylation is 1. The van der Waals surface area contributed by atoms with Crippen molar-refractivity contribution in [3.05, 3.63) is 65.0 Å². The maximum Gasteiger partial charge on any atom is 0.159 e. The molecule has 20 heavy (non-hydrogen) atoms. The van der Waals surface area contributed by atoms with E-state index in [1.54, 1.807) is 12.3 Å². The average Bonchev–Trinajstić information content (AvgIpc) is 2.87. The highest BCUT2D eigenvalue weighted by Crippen LogP contribution is 2.34. The van der Waals surface area contributed by atoms with E-state index in [4.69, 9.17) is 5.73 Å². The Balaban J connectivity index is 1.77. The third kappa shape index (κ3) is 2.43. The van der Waals surface area contributed by atoms with Gasteiger partial charge in [-0.25, -0.2) is 8.78 Å². The van der Waals surface area contributed by atoms with Gasteiger partial charge in [-0.3, -0.25) is 4.98 Å². The van der Waals surface area contributed by atoms with Gasteiger partial charge in [0.05, 0.1) is 0 Å². The van der Waals surface area contributed by atoms with Crippen LogP contribution in [0.3, 0.4) is 0 Å². The molecule has 2 N–H and O–H groups in total. The molecule has 104 valence electrons. The van der Waals surface area contributed by atoms with Crippen molar-refractivity contribution in [2.75, 3.05) is 0 Å². The third-order valence-electron chi connectivity index (χ3n) is 3.97. The van der Waals surface area contributed by atoms with E-state index < -0.39 is 11.6 Å². The Morgan fingerprint density at radius 3 is 2.90 bits per heavy atom. The number of halogens is 2. The fourth-order valence-electron chi connectivity index (χ4n) is 2.94. The van der Waals surface area contributed by atoms with Crippen LogP contribution in [0.5, 0.6) is 0 Å². The molecule has 1 heterocycles. The second-order valence-corrected chi connectivity index (χ2v) is 5.31. The Morgan fingerprint density at radius 1 is 1.25 bits per heavy atom. The van der Waals surface area contributed by atoms with E-state index in [2.05, 4.69) is 11.1 Å². The van der Waals surface area contributed by atoms with Crippen molar-refractivity contribution in [3.63, 3.8) is 0 Å². The number of nitrogens with zero attached hydrogens (tertiary/aromatic N) is 1. The molecule has 0 saturated heterocycles. The van der Waals surface area contributed by atoms with Crippen LogP contribution >= 0.6 is 0 Å². The van der Waals surface area contributed by atoms with Gasteiger partial charge in [0.1, 0.15) is 0 Å². The molecule has 2 aromatic rings. The van der Waals surface area contributed by atoms with Crippen LogP contribution in [0.2, 0.25) is 0 Å². The van der Waals surface area contributed by atoms with Crippen LogP contribution in [0.25, 0.3) is 0 Å². The molecule has 0 aliphatic heterocycles. The quantitative estimate of drug-likeness (QED) is 0.934. The number of fused-ring (bicyclic) bond motifs is 1. The largest absolute Gasteiger partial charge is 0.327 e. The van der Waals surface area contributed by atoms with E-state index in [0.29, 0.717) is 6.42 Å². The van der Waals surface area contributed by atoms with E-state index in [0.717, 1.165) is 30.2 Å². The zero-order chi connectivity index (χ0) is 14.1. The number of hydrogen-bond donors (Lipinski definition) is 1. The van der Waals surface area contributed by atoms with Gasteiger partial charge in [0, 0.05) is 23.9 Å². The van der Waals surface area contributed by atoms with Crippen molar-refractivity contribution in [1.82, 2.24) is 4.98 Å². The summed E-state index contributed by atoms with van der Waals surface area (Å²) in [4.78, 5) is 4.42. The number of benzene rings is 1. The topological polar surface area (TPSA) is 38.9 Å². The zero-order valence-electron chi connectivity index (χ0n) is 11.0. The van der Waals surface area contributed by atoms with E-state index in [1.165, 1.54) is 11.6 Å². The Bertz CT molecular complexity index is 628. The second kappa shape index (κ2) is 5.29.